The van der Waals surface area contributed by atoms with Crippen LogP contribution in [-0.2, 0) is 0 Å². The quantitative estimate of drug-likeness (QED) is 0.540. The van der Waals surface area contributed by atoms with Gasteiger partial charge >= 0.3 is 0 Å². The van der Waals surface area contributed by atoms with Crippen molar-refractivity contribution in [3.63, 3.8) is 0 Å². The Balaban J connectivity index is 2.95. The van der Waals surface area contributed by atoms with Gasteiger partial charge in [-0.2, -0.15) is 0 Å². The second kappa shape index (κ2) is 1.44. The van der Waals surface area contributed by atoms with E-state index in [0.717, 1.165) is 0 Å². The molecule has 0 aliphatic rings. The Morgan fingerprint density at radius 1 is 1.50 bits per heavy atom. The van der Waals surface area contributed by atoms with Gasteiger partial charge in [-0.25, -0.2) is 4.98 Å². The molecule has 0 unspecified atom stereocenters. The maximum Gasteiger partial charge on any atom is 0.249 e. The van der Waals surface area contributed by atoms with E-state index in [2.05, 4.69) is 4.98 Å². The first-order valence-corrected chi connectivity index (χ1v) is 2.74. The molecule has 0 fully saturated rings. The van der Waals surface area contributed by atoms with Crippen LogP contribution in [0, 0.1) is 0 Å². The number of aromatic nitrogens is 2. The van der Waals surface area contributed by atoms with Gasteiger partial charge in [0.1, 0.15) is 18.4 Å². The second-order valence-electron chi connectivity index (χ2n) is 1.97. The number of imidazole rings is 1. The Bertz CT molecular complexity index is 324. The summed E-state index contributed by atoms with van der Waals surface area (Å²) >= 11 is 0. The van der Waals surface area contributed by atoms with Crippen LogP contribution in [0.25, 0.3) is 5.71 Å². The van der Waals surface area contributed by atoms with E-state index < -0.39 is 0 Å². The molecule has 4 N–H and O–H groups in total. The number of anilines is 2. The van der Waals surface area contributed by atoms with Crippen molar-refractivity contribution < 1.29 is 4.42 Å². The third-order valence-corrected chi connectivity index (χ3v) is 1.32. The Morgan fingerprint density at radius 2 is 2.30 bits per heavy atom. The summed E-state index contributed by atoms with van der Waals surface area (Å²) in [6.45, 7) is 0. The molecular formula is C5H6N4O. The van der Waals surface area contributed by atoms with Crippen LogP contribution < -0.4 is 11.5 Å². The molecule has 0 aromatic carbocycles. The zero-order valence-corrected chi connectivity index (χ0v) is 5.11. The molecule has 5 heteroatoms. The molecule has 0 spiro atoms. The third kappa shape index (κ3) is 0.439. The van der Waals surface area contributed by atoms with Gasteiger partial charge < -0.3 is 15.9 Å². The average Bonchev–Trinajstić information content (AvgIpc) is 2.41. The number of rotatable bonds is 0. The van der Waals surface area contributed by atoms with E-state index in [-0.39, 0.29) is 0 Å². The molecule has 2 aromatic rings. The zero-order chi connectivity index (χ0) is 7.14. The second-order valence-corrected chi connectivity index (χ2v) is 1.97. The molecule has 2 rings (SSSR count). The highest BCUT2D eigenvalue weighted by Crippen LogP contribution is 2.16. The van der Waals surface area contributed by atoms with E-state index in [1.807, 2.05) is 0 Å². The van der Waals surface area contributed by atoms with E-state index >= 15 is 0 Å². The fourth-order valence-corrected chi connectivity index (χ4v) is 0.825. The number of nitrogen functional groups attached to an aromatic ring is 2. The van der Waals surface area contributed by atoms with Gasteiger partial charge in [-0.15, -0.1) is 0 Å². The van der Waals surface area contributed by atoms with Crippen LogP contribution in [0.15, 0.2) is 17.0 Å². The van der Waals surface area contributed by atoms with Crippen molar-refractivity contribution in [1.29, 1.82) is 0 Å². The van der Waals surface area contributed by atoms with Crippen LogP contribution in [0.2, 0.25) is 0 Å². The maximum atomic E-state index is 5.46. The highest BCUT2D eigenvalue weighted by molar-refractivity contribution is 5.60. The van der Waals surface area contributed by atoms with Gasteiger partial charge in [-0.3, -0.25) is 4.40 Å². The average molecular weight is 138 g/mol. The minimum absolute atomic E-state index is 0.358. The van der Waals surface area contributed by atoms with Crippen molar-refractivity contribution in [2.45, 2.75) is 0 Å². The smallest absolute Gasteiger partial charge is 0.249 e. The van der Waals surface area contributed by atoms with Crippen molar-refractivity contribution in [3.05, 3.63) is 12.6 Å². The predicted octanol–water partition coefficient (Wildman–Crippen LogP) is 0.0917. The molecule has 10 heavy (non-hydrogen) atoms. The number of oxazole rings is 1. The van der Waals surface area contributed by atoms with Crippen LogP contribution >= 0.6 is 0 Å². The Kier molecular flexibility index (Phi) is 0.743. The first-order chi connectivity index (χ1) is 4.79. The largest absolute Gasteiger partial charge is 0.441 e. The molecule has 2 aromatic heterocycles. The lowest BCUT2D eigenvalue weighted by molar-refractivity contribution is 0.610. The molecule has 0 amide bonds. The van der Waals surface area contributed by atoms with Crippen molar-refractivity contribution in [3.8, 4) is 0 Å². The SMILES string of the molecule is Nc1ncn2c(N)coc12. The van der Waals surface area contributed by atoms with Crippen LogP contribution in [0.5, 0.6) is 0 Å². The number of fused-ring (bicyclic) bond motifs is 1. The molecule has 0 aliphatic carbocycles. The summed E-state index contributed by atoms with van der Waals surface area (Å²) in [5.74, 6) is 0.857. The highest BCUT2D eigenvalue weighted by atomic mass is 16.3. The van der Waals surface area contributed by atoms with Gasteiger partial charge in [0, 0.05) is 0 Å². The van der Waals surface area contributed by atoms with Crippen molar-refractivity contribution in [2.75, 3.05) is 11.5 Å². The molecule has 0 saturated heterocycles. The van der Waals surface area contributed by atoms with Gasteiger partial charge in [0.15, 0.2) is 5.82 Å². The monoisotopic (exact) mass is 138 g/mol. The number of hydrogen-bond donors (Lipinski definition) is 2. The standard InChI is InChI=1S/C5H6N4O/c6-3-1-10-5-4(7)8-2-9(3)5/h1-2H,6-7H2. The molecule has 0 bridgehead atoms. The van der Waals surface area contributed by atoms with Crippen LogP contribution in [0.4, 0.5) is 11.6 Å². The van der Waals surface area contributed by atoms with Crippen molar-refractivity contribution >= 4 is 17.3 Å². The molecular weight excluding hydrogens is 132 g/mol. The Labute approximate surface area is 56.2 Å². The Morgan fingerprint density at radius 3 is 3.00 bits per heavy atom. The third-order valence-electron chi connectivity index (χ3n) is 1.32. The summed E-state index contributed by atoms with van der Waals surface area (Å²) in [5, 5.41) is 0. The lowest BCUT2D eigenvalue weighted by Gasteiger charge is -1.80. The first kappa shape index (κ1) is 5.16. The molecule has 0 saturated carbocycles. The van der Waals surface area contributed by atoms with Crippen LogP contribution in [0.3, 0.4) is 0 Å². The number of nitrogens with two attached hydrogens (primary N) is 2. The maximum absolute atomic E-state index is 5.46. The predicted molar refractivity (Wildman–Crippen MR) is 36.3 cm³/mol. The summed E-state index contributed by atoms with van der Waals surface area (Å²) < 4.78 is 6.55. The summed E-state index contributed by atoms with van der Waals surface area (Å²) in [6.07, 6.45) is 2.94. The molecule has 5 nitrogen and oxygen atoms in total. The van der Waals surface area contributed by atoms with Crippen LogP contribution in [0.1, 0.15) is 0 Å². The summed E-state index contributed by atoms with van der Waals surface area (Å²) in [4.78, 5) is 3.78. The highest BCUT2D eigenvalue weighted by Gasteiger charge is 2.05. The number of nitrogens with zero attached hydrogens (tertiary/aromatic N) is 2. The fourth-order valence-electron chi connectivity index (χ4n) is 0.825. The normalized spacial score (nSPS) is 10.8. The zero-order valence-electron chi connectivity index (χ0n) is 5.11. The lowest BCUT2D eigenvalue weighted by atomic mass is 10.7. The molecule has 0 radical (unpaired) electrons. The summed E-state index contributed by atoms with van der Waals surface area (Å²) in [5.41, 5.74) is 11.4. The molecule has 2 heterocycles. The van der Waals surface area contributed by atoms with Gasteiger partial charge in [-0.1, -0.05) is 0 Å². The van der Waals surface area contributed by atoms with E-state index in [0.29, 0.717) is 17.3 Å². The van der Waals surface area contributed by atoms with E-state index in [9.17, 15) is 0 Å². The van der Waals surface area contributed by atoms with E-state index in [4.69, 9.17) is 15.9 Å². The first-order valence-electron chi connectivity index (χ1n) is 2.74. The molecule has 52 valence electrons. The summed E-state index contributed by atoms with van der Waals surface area (Å²) in [6, 6.07) is 0. The summed E-state index contributed by atoms with van der Waals surface area (Å²) in [7, 11) is 0. The fraction of sp³-hybridized carbons (Fsp3) is 0. The topological polar surface area (TPSA) is 82.5 Å². The van der Waals surface area contributed by atoms with Gasteiger partial charge in [-0.05, 0) is 0 Å². The minimum Gasteiger partial charge on any atom is -0.441 e. The van der Waals surface area contributed by atoms with Crippen molar-refractivity contribution in [2.24, 2.45) is 0 Å². The van der Waals surface area contributed by atoms with Gasteiger partial charge in [0.2, 0.25) is 5.71 Å². The number of hydrogen-bond acceptors (Lipinski definition) is 4. The van der Waals surface area contributed by atoms with Gasteiger partial charge in [0.05, 0.1) is 0 Å². The molecule has 0 atom stereocenters. The van der Waals surface area contributed by atoms with Gasteiger partial charge in [0.25, 0.3) is 0 Å². The lowest BCUT2D eigenvalue weighted by Crippen LogP contribution is -1.88. The minimum atomic E-state index is 0.358. The van der Waals surface area contributed by atoms with Crippen LogP contribution in [-0.4, -0.2) is 9.38 Å². The van der Waals surface area contributed by atoms with Crippen molar-refractivity contribution in [1.82, 2.24) is 9.38 Å². The molecule has 0 aliphatic heterocycles. The Hall–Kier alpha value is -1.65. The van der Waals surface area contributed by atoms with E-state index in [1.54, 1.807) is 4.40 Å². The van der Waals surface area contributed by atoms with E-state index in [1.165, 1.54) is 12.6 Å².